The molecule has 0 aromatic carbocycles. The maximum atomic E-state index is 12.4. The number of rotatable bonds is 1. The molecule has 25 heavy (non-hydrogen) atoms. The normalized spacial score (nSPS) is 22.7. The molecular formula is C17H20ClN5O2. The Labute approximate surface area is 151 Å². The van der Waals surface area contributed by atoms with E-state index >= 15 is 0 Å². The van der Waals surface area contributed by atoms with Crippen molar-refractivity contribution in [2.75, 3.05) is 18.0 Å². The third-order valence-corrected chi connectivity index (χ3v) is 4.87. The molecule has 0 bridgehead atoms. The van der Waals surface area contributed by atoms with E-state index in [9.17, 15) is 4.79 Å². The van der Waals surface area contributed by atoms with Crippen LogP contribution < -0.4 is 4.90 Å². The summed E-state index contributed by atoms with van der Waals surface area (Å²) in [7, 11) is 0. The minimum absolute atomic E-state index is 0.167. The lowest BCUT2D eigenvalue weighted by molar-refractivity contribution is 0.0193. The summed E-state index contributed by atoms with van der Waals surface area (Å²) in [5.41, 5.74) is 0.294. The molecule has 8 heteroatoms. The molecule has 132 valence electrons. The molecule has 4 rings (SSSR count). The maximum absolute atomic E-state index is 12.4. The molecule has 0 N–H and O–H groups in total. The number of carbonyl (C=O) groups is 1. The van der Waals surface area contributed by atoms with E-state index in [4.69, 9.17) is 16.3 Å². The molecule has 2 aromatic rings. The molecular weight excluding hydrogens is 342 g/mol. The molecule has 2 atom stereocenters. The molecule has 4 heterocycles. The monoisotopic (exact) mass is 361 g/mol. The lowest BCUT2D eigenvalue weighted by atomic mass is 9.97. The highest BCUT2D eigenvalue weighted by atomic mass is 35.5. The number of likely N-dealkylation sites (tertiary alicyclic amines) is 1. The number of anilines is 1. The van der Waals surface area contributed by atoms with Gasteiger partial charge in [-0.25, -0.2) is 19.7 Å². The van der Waals surface area contributed by atoms with E-state index < -0.39 is 5.60 Å². The van der Waals surface area contributed by atoms with Gasteiger partial charge in [-0.15, -0.1) is 0 Å². The van der Waals surface area contributed by atoms with Crippen LogP contribution in [0.5, 0.6) is 0 Å². The first-order chi connectivity index (χ1) is 11.8. The summed E-state index contributed by atoms with van der Waals surface area (Å²) in [5.74, 6) is 0.849. The fraction of sp³-hybridized carbons (Fsp3) is 0.529. The number of fused-ring (bicyclic) bond motifs is 2. The first kappa shape index (κ1) is 16.3. The molecule has 2 aliphatic rings. The van der Waals surface area contributed by atoms with Gasteiger partial charge in [0, 0.05) is 25.4 Å². The van der Waals surface area contributed by atoms with E-state index in [-0.39, 0.29) is 18.2 Å². The Bertz CT molecular complexity index is 837. The second-order valence-electron chi connectivity index (χ2n) is 7.47. The van der Waals surface area contributed by atoms with Crippen molar-refractivity contribution in [2.24, 2.45) is 0 Å². The van der Waals surface area contributed by atoms with Crippen molar-refractivity contribution in [2.45, 2.75) is 44.9 Å². The van der Waals surface area contributed by atoms with Crippen LogP contribution in [0.3, 0.4) is 0 Å². The Morgan fingerprint density at radius 2 is 2.08 bits per heavy atom. The number of halogens is 1. The van der Waals surface area contributed by atoms with E-state index in [1.165, 1.54) is 0 Å². The van der Waals surface area contributed by atoms with Gasteiger partial charge in [-0.1, -0.05) is 11.6 Å². The number of amides is 1. The lowest BCUT2D eigenvalue weighted by Gasteiger charge is -2.47. The molecule has 0 saturated carbocycles. The van der Waals surface area contributed by atoms with Gasteiger partial charge in [-0.3, -0.25) is 0 Å². The van der Waals surface area contributed by atoms with E-state index in [2.05, 4.69) is 19.9 Å². The minimum Gasteiger partial charge on any atom is -0.444 e. The van der Waals surface area contributed by atoms with Crippen molar-refractivity contribution < 1.29 is 9.53 Å². The number of pyridine rings is 1. The van der Waals surface area contributed by atoms with Crippen LogP contribution in [0.1, 0.15) is 27.2 Å². The molecule has 0 spiro atoms. The molecule has 2 saturated heterocycles. The van der Waals surface area contributed by atoms with Gasteiger partial charge >= 0.3 is 6.09 Å². The minimum atomic E-state index is -0.480. The smallest absolute Gasteiger partial charge is 0.410 e. The number of aromatic nitrogens is 3. The Balaban J connectivity index is 1.55. The van der Waals surface area contributed by atoms with Crippen LogP contribution >= 0.6 is 11.6 Å². The molecule has 2 fully saturated rings. The summed E-state index contributed by atoms with van der Waals surface area (Å²) in [6.07, 6.45) is 3.92. The fourth-order valence-corrected chi connectivity index (χ4v) is 3.71. The molecule has 2 aromatic heterocycles. The summed E-state index contributed by atoms with van der Waals surface area (Å²) in [6.45, 7) is 7.09. The van der Waals surface area contributed by atoms with Gasteiger partial charge in [0.25, 0.3) is 0 Å². The summed E-state index contributed by atoms with van der Waals surface area (Å²) >= 11 is 5.95. The molecule has 7 nitrogen and oxygen atoms in total. The maximum Gasteiger partial charge on any atom is 0.410 e. The number of ether oxygens (including phenoxy) is 1. The zero-order valence-electron chi connectivity index (χ0n) is 14.4. The SMILES string of the molecule is CC(C)(C)OC(=O)N1CC[C@@H]2[C@H]1CN2c1ncnc2cc(Cl)ncc12. The first-order valence-corrected chi connectivity index (χ1v) is 8.74. The Kier molecular flexibility index (Phi) is 3.72. The quantitative estimate of drug-likeness (QED) is 0.727. The summed E-state index contributed by atoms with van der Waals surface area (Å²) in [5, 5.41) is 1.29. The van der Waals surface area contributed by atoms with Crippen molar-refractivity contribution in [3.63, 3.8) is 0 Å². The second-order valence-corrected chi connectivity index (χ2v) is 7.86. The number of carbonyl (C=O) groups excluding carboxylic acids is 1. The van der Waals surface area contributed by atoms with Crippen molar-refractivity contribution in [1.82, 2.24) is 19.9 Å². The van der Waals surface area contributed by atoms with Gasteiger partial charge in [0.15, 0.2) is 0 Å². The zero-order chi connectivity index (χ0) is 17.8. The van der Waals surface area contributed by atoms with Crippen LogP contribution in [-0.2, 0) is 4.74 Å². The average molecular weight is 362 g/mol. The third-order valence-electron chi connectivity index (χ3n) is 4.66. The number of hydrogen-bond donors (Lipinski definition) is 0. The molecule has 1 amide bonds. The largest absolute Gasteiger partial charge is 0.444 e. The average Bonchev–Trinajstić information content (AvgIpc) is 2.82. The highest BCUT2D eigenvalue weighted by molar-refractivity contribution is 6.30. The van der Waals surface area contributed by atoms with E-state index in [0.29, 0.717) is 11.7 Å². The molecule has 0 unspecified atom stereocenters. The number of hydrogen-bond acceptors (Lipinski definition) is 6. The van der Waals surface area contributed by atoms with Gasteiger partial charge in [0.05, 0.1) is 23.0 Å². The van der Waals surface area contributed by atoms with Crippen LogP contribution in [0.15, 0.2) is 18.6 Å². The van der Waals surface area contributed by atoms with Crippen molar-refractivity contribution in [3.8, 4) is 0 Å². The van der Waals surface area contributed by atoms with Crippen LogP contribution in [0.2, 0.25) is 5.15 Å². The van der Waals surface area contributed by atoms with Gasteiger partial charge in [-0.2, -0.15) is 0 Å². The van der Waals surface area contributed by atoms with Gasteiger partial charge < -0.3 is 14.5 Å². The Hall–Kier alpha value is -2.15. The zero-order valence-corrected chi connectivity index (χ0v) is 15.2. The van der Waals surface area contributed by atoms with Crippen molar-refractivity contribution in [3.05, 3.63) is 23.7 Å². The Morgan fingerprint density at radius 3 is 2.84 bits per heavy atom. The molecule has 0 radical (unpaired) electrons. The van der Waals surface area contributed by atoms with Crippen LogP contribution in [-0.4, -0.2) is 56.7 Å². The van der Waals surface area contributed by atoms with Crippen molar-refractivity contribution in [1.29, 1.82) is 0 Å². The fourth-order valence-electron chi connectivity index (χ4n) is 3.55. The highest BCUT2D eigenvalue weighted by Crippen LogP contribution is 2.38. The summed E-state index contributed by atoms with van der Waals surface area (Å²) in [4.78, 5) is 29.3. The van der Waals surface area contributed by atoms with Gasteiger partial charge in [0.2, 0.25) is 0 Å². The lowest BCUT2D eigenvalue weighted by Crippen LogP contribution is -2.63. The van der Waals surface area contributed by atoms with Crippen LogP contribution in [0.25, 0.3) is 10.9 Å². The third kappa shape index (κ3) is 2.86. The van der Waals surface area contributed by atoms with Gasteiger partial charge in [-0.05, 0) is 27.2 Å². The first-order valence-electron chi connectivity index (χ1n) is 8.36. The molecule has 2 aliphatic heterocycles. The molecule has 0 aliphatic carbocycles. The van der Waals surface area contributed by atoms with E-state index in [0.717, 1.165) is 29.7 Å². The summed E-state index contributed by atoms with van der Waals surface area (Å²) < 4.78 is 5.52. The van der Waals surface area contributed by atoms with Crippen LogP contribution in [0.4, 0.5) is 10.6 Å². The van der Waals surface area contributed by atoms with E-state index in [1.54, 1.807) is 18.6 Å². The van der Waals surface area contributed by atoms with E-state index in [1.807, 2.05) is 25.7 Å². The predicted octanol–water partition coefficient (Wildman–Crippen LogP) is 2.88. The highest BCUT2D eigenvalue weighted by Gasteiger charge is 2.50. The summed E-state index contributed by atoms with van der Waals surface area (Å²) in [6, 6.07) is 2.16. The second kappa shape index (κ2) is 5.69. The predicted molar refractivity (Wildman–Crippen MR) is 94.8 cm³/mol. The number of nitrogens with zero attached hydrogens (tertiary/aromatic N) is 5. The van der Waals surface area contributed by atoms with Crippen LogP contribution in [0, 0.1) is 0 Å². The standard InChI is InChI=1S/C17H20ClN5O2/c1-17(2,3)25-16(24)22-5-4-12-13(22)8-23(12)15-10-7-19-14(18)6-11(10)20-9-21-15/h6-7,9,12-13H,4-5,8H2,1-3H3/t12-,13-/m1/s1. The topological polar surface area (TPSA) is 71.5 Å². The van der Waals surface area contributed by atoms with Gasteiger partial charge in [0.1, 0.15) is 22.9 Å². The van der Waals surface area contributed by atoms with Crippen molar-refractivity contribution >= 4 is 34.4 Å². The Morgan fingerprint density at radius 1 is 1.28 bits per heavy atom.